The predicted octanol–water partition coefficient (Wildman–Crippen LogP) is 5.89. The first-order chi connectivity index (χ1) is 12.2. The fourth-order valence-electron chi connectivity index (χ4n) is 6.63. The quantitative estimate of drug-likeness (QED) is 0.488. The van der Waals surface area contributed by atoms with Crippen LogP contribution >= 0.6 is 0 Å². The van der Waals surface area contributed by atoms with E-state index in [1.165, 1.54) is 49.7 Å². The van der Waals surface area contributed by atoms with Crippen LogP contribution in [0.1, 0.15) is 80.8 Å². The van der Waals surface area contributed by atoms with E-state index in [0.29, 0.717) is 5.41 Å². The fraction of sp³-hybridized carbons (Fsp3) is 0.696. The standard InChI is InChI=1S/C23H33O2Si/c1-22(2,3)20-19(7-6-18(14-24)21(20)25-26(4)5)23-11-15-8-16(12-23)10-17(9-15)13-23/h6-7,14-17H,8-13H2,1-5H3. The van der Waals surface area contributed by atoms with Crippen molar-refractivity contribution in [3.63, 3.8) is 0 Å². The summed E-state index contributed by atoms with van der Waals surface area (Å²) in [7, 11) is -0.931. The lowest BCUT2D eigenvalue weighted by atomic mass is 9.47. The Morgan fingerprint density at radius 2 is 1.58 bits per heavy atom. The molecule has 0 amide bonds. The van der Waals surface area contributed by atoms with Crippen LogP contribution in [0.4, 0.5) is 0 Å². The van der Waals surface area contributed by atoms with Crippen LogP contribution in [0.3, 0.4) is 0 Å². The summed E-state index contributed by atoms with van der Waals surface area (Å²) < 4.78 is 6.37. The average Bonchev–Trinajstić information content (AvgIpc) is 2.51. The summed E-state index contributed by atoms with van der Waals surface area (Å²) in [6, 6.07) is 4.33. The van der Waals surface area contributed by atoms with Crippen molar-refractivity contribution < 1.29 is 9.22 Å². The molecule has 0 heterocycles. The van der Waals surface area contributed by atoms with E-state index < -0.39 is 9.04 Å². The summed E-state index contributed by atoms with van der Waals surface area (Å²) in [4.78, 5) is 11.8. The lowest BCUT2D eigenvalue weighted by Crippen LogP contribution is -2.49. The molecule has 0 N–H and O–H groups in total. The minimum Gasteiger partial charge on any atom is -0.542 e. The van der Waals surface area contributed by atoms with Gasteiger partial charge in [0.15, 0.2) is 6.29 Å². The maximum Gasteiger partial charge on any atom is 0.274 e. The molecule has 0 aliphatic heterocycles. The van der Waals surface area contributed by atoms with Gasteiger partial charge in [0.05, 0.1) is 5.56 Å². The highest BCUT2D eigenvalue weighted by Crippen LogP contribution is 2.62. The summed E-state index contributed by atoms with van der Waals surface area (Å²) in [5, 5.41) is 0. The van der Waals surface area contributed by atoms with Crippen molar-refractivity contribution in [3.05, 3.63) is 28.8 Å². The molecule has 0 unspecified atom stereocenters. The Kier molecular flexibility index (Phi) is 4.37. The molecule has 0 saturated heterocycles. The molecular formula is C23H33O2Si. The number of hydrogen-bond acceptors (Lipinski definition) is 2. The van der Waals surface area contributed by atoms with Crippen molar-refractivity contribution >= 4 is 15.3 Å². The van der Waals surface area contributed by atoms with Gasteiger partial charge in [0.2, 0.25) is 0 Å². The van der Waals surface area contributed by atoms with Gasteiger partial charge in [-0.1, -0.05) is 26.8 Å². The Hall–Kier alpha value is -1.09. The average molecular weight is 370 g/mol. The SMILES string of the molecule is C[Si](C)Oc1c(C=O)ccc(C23CC4CC(CC(C4)C2)C3)c1C(C)(C)C. The Morgan fingerprint density at radius 3 is 2.00 bits per heavy atom. The van der Waals surface area contributed by atoms with E-state index in [2.05, 4.69) is 39.9 Å². The molecule has 4 fully saturated rings. The third-order valence-electron chi connectivity index (χ3n) is 6.98. The molecule has 1 aromatic carbocycles. The van der Waals surface area contributed by atoms with Crippen LogP contribution in [0.25, 0.3) is 0 Å². The maximum atomic E-state index is 11.8. The highest BCUT2D eigenvalue weighted by molar-refractivity contribution is 6.49. The second kappa shape index (κ2) is 6.22. The van der Waals surface area contributed by atoms with Crippen LogP contribution in [0.2, 0.25) is 13.1 Å². The van der Waals surface area contributed by atoms with Crippen molar-refractivity contribution in [2.75, 3.05) is 0 Å². The maximum absolute atomic E-state index is 11.8. The molecule has 5 rings (SSSR count). The van der Waals surface area contributed by atoms with Gasteiger partial charge < -0.3 is 4.43 Å². The van der Waals surface area contributed by atoms with Gasteiger partial charge in [0.1, 0.15) is 5.75 Å². The van der Waals surface area contributed by atoms with Gasteiger partial charge in [0.25, 0.3) is 9.04 Å². The molecule has 4 aliphatic rings. The largest absolute Gasteiger partial charge is 0.542 e. The molecule has 2 nitrogen and oxygen atoms in total. The van der Waals surface area contributed by atoms with Crippen LogP contribution in [-0.2, 0) is 10.8 Å². The zero-order valence-electron chi connectivity index (χ0n) is 17.0. The monoisotopic (exact) mass is 369 g/mol. The van der Waals surface area contributed by atoms with Gasteiger partial charge in [-0.3, -0.25) is 4.79 Å². The molecule has 4 aliphatic carbocycles. The number of aldehydes is 1. The summed E-state index contributed by atoms with van der Waals surface area (Å²) in [5.41, 5.74) is 3.85. The first kappa shape index (κ1) is 18.3. The molecule has 26 heavy (non-hydrogen) atoms. The third-order valence-corrected chi connectivity index (χ3v) is 7.59. The second-order valence-electron chi connectivity index (χ2n) is 10.5. The fourth-order valence-corrected chi connectivity index (χ4v) is 7.26. The van der Waals surface area contributed by atoms with E-state index in [-0.39, 0.29) is 5.41 Å². The van der Waals surface area contributed by atoms with Crippen molar-refractivity contribution in [1.82, 2.24) is 0 Å². The predicted molar refractivity (Wildman–Crippen MR) is 108 cm³/mol. The van der Waals surface area contributed by atoms with Gasteiger partial charge in [-0.25, -0.2) is 0 Å². The number of carbonyl (C=O) groups is 1. The molecule has 3 heteroatoms. The molecular weight excluding hydrogens is 336 g/mol. The first-order valence-electron chi connectivity index (χ1n) is 10.3. The zero-order valence-corrected chi connectivity index (χ0v) is 18.0. The van der Waals surface area contributed by atoms with Gasteiger partial charge in [-0.2, -0.15) is 0 Å². The van der Waals surface area contributed by atoms with E-state index in [4.69, 9.17) is 4.43 Å². The van der Waals surface area contributed by atoms with E-state index in [1.807, 2.05) is 6.07 Å². The smallest absolute Gasteiger partial charge is 0.274 e. The van der Waals surface area contributed by atoms with Crippen molar-refractivity contribution in [3.8, 4) is 5.75 Å². The highest BCUT2D eigenvalue weighted by atomic mass is 28.3. The normalized spacial score (nSPS) is 32.9. The summed E-state index contributed by atoms with van der Waals surface area (Å²) in [6.45, 7) is 11.2. The second-order valence-corrected chi connectivity index (χ2v) is 12.5. The number of carbonyl (C=O) groups excluding carboxylic acids is 1. The summed E-state index contributed by atoms with van der Waals surface area (Å²) in [6.07, 6.45) is 9.39. The lowest BCUT2D eigenvalue weighted by Gasteiger charge is -2.58. The molecule has 4 saturated carbocycles. The first-order valence-corrected chi connectivity index (χ1v) is 12.7. The lowest BCUT2D eigenvalue weighted by molar-refractivity contribution is -0.00602. The van der Waals surface area contributed by atoms with Gasteiger partial charge >= 0.3 is 0 Å². The van der Waals surface area contributed by atoms with E-state index in [1.54, 1.807) is 0 Å². The number of hydrogen-bond donors (Lipinski definition) is 0. The van der Waals surface area contributed by atoms with Crippen molar-refractivity contribution in [2.45, 2.75) is 83.2 Å². The van der Waals surface area contributed by atoms with Crippen LogP contribution in [0, 0.1) is 17.8 Å². The van der Waals surface area contributed by atoms with Crippen LogP contribution < -0.4 is 4.43 Å². The molecule has 0 atom stereocenters. The summed E-state index contributed by atoms with van der Waals surface area (Å²) in [5.74, 6) is 3.64. The third kappa shape index (κ3) is 2.96. The van der Waals surface area contributed by atoms with Crippen molar-refractivity contribution in [1.29, 1.82) is 0 Å². The Morgan fingerprint density at radius 1 is 1.04 bits per heavy atom. The molecule has 141 valence electrons. The van der Waals surface area contributed by atoms with Crippen molar-refractivity contribution in [2.24, 2.45) is 17.8 Å². The minimum atomic E-state index is -0.931. The highest BCUT2D eigenvalue weighted by Gasteiger charge is 2.53. The minimum absolute atomic E-state index is 0.0235. The summed E-state index contributed by atoms with van der Waals surface area (Å²) >= 11 is 0. The van der Waals surface area contributed by atoms with Gasteiger partial charge in [-0.15, -0.1) is 0 Å². The Labute approximate surface area is 160 Å². The molecule has 4 bridgehead atoms. The van der Waals surface area contributed by atoms with Gasteiger partial charge in [-0.05, 0) is 91.8 Å². The molecule has 0 spiro atoms. The van der Waals surface area contributed by atoms with Crippen LogP contribution in [0.5, 0.6) is 5.75 Å². The molecule has 1 radical (unpaired) electrons. The molecule has 1 aromatic rings. The van der Waals surface area contributed by atoms with Crippen LogP contribution in [-0.4, -0.2) is 15.3 Å². The van der Waals surface area contributed by atoms with Crippen LogP contribution in [0.15, 0.2) is 12.1 Å². The molecule has 0 aromatic heterocycles. The number of rotatable bonds is 4. The Bertz CT molecular complexity index is 678. The van der Waals surface area contributed by atoms with E-state index >= 15 is 0 Å². The van der Waals surface area contributed by atoms with E-state index in [0.717, 1.165) is 35.4 Å². The van der Waals surface area contributed by atoms with Gasteiger partial charge in [0, 0.05) is 5.56 Å². The number of benzene rings is 1. The topological polar surface area (TPSA) is 26.3 Å². The van der Waals surface area contributed by atoms with E-state index in [9.17, 15) is 4.79 Å². The zero-order chi connectivity index (χ0) is 18.7. The Balaban J connectivity index is 1.90.